The van der Waals surface area contributed by atoms with E-state index >= 15 is 0 Å². The zero-order valence-electron chi connectivity index (χ0n) is 20.3. The van der Waals surface area contributed by atoms with Crippen LogP contribution >= 0.6 is 0 Å². The van der Waals surface area contributed by atoms with Gasteiger partial charge >= 0.3 is 6.61 Å². The van der Waals surface area contributed by atoms with Crippen molar-refractivity contribution in [3.63, 3.8) is 0 Å². The number of carbonyl (C=O) groups is 1. The van der Waals surface area contributed by atoms with E-state index in [-0.39, 0.29) is 17.1 Å². The molecule has 0 aliphatic heterocycles. The number of halogens is 2. The zero-order valence-corrected chi connectivity index (χ0v) is 20.3. The SMILES string of the molecule is CC/C(=N/NC(=O)c1ccc(COc2ccc(C(C)(C)C)cc2)cc1)c1ccc(OC(F)F)cc1. The lowest BCUT2D eigenvalue weighted by molar-refractivity contribution is -0.0498. The quantitative estimate of drug-likeness (QED) is 0.274. The number of hydrogen-bond acceptors (Lipinski definition) is 4. The van der Waals surface area contributed by atoms with E-state index in [2.05, 4.69) is 48.2 Å². The van der Waals surface area contributed by atoms with E-state index in [0.717, 1.165) is 11.3 Å². The number of carbonyl (C=O) groups excluding carboxylic acids is 1. The summed E-state index contributed by atoms with van der Waals surface area (Å²) < 4.78 is 34.8. The number of alkyl halides is 2. The largest absolute Gasteiger partial charge is 0.489 e. The van der Waals surface area contributed by atoms with Gasteiger partial charge in [0.05, 0.1) is 5.71 Å². The summed E-state index contributed by atoms with van der Waals surface area (Å²) in [7, 11) is 0. The zero-order chi connectivity index (χ0) is 25.4. The van der Waals surface area contributed by atoms with Gasteiger partial charge in [-0.2, -0.15) is 13.9 Å². The van der Waals surface area contributed by atoms with Crippen molar-refractivity contribution in [3.8, 4) is 11.5 Å². The van der Waals surface area contributed by atoms with Crippen molar-refractivity contribution in [2.24, 2.45) is 5.10 Å². The van der Waals surface area contributed by atoms with Gasteiger partial charge in [0.2, 0.25) is 0 Å². The second kappa shape index (κ2) is 11.6. The van der Waals surface area contributed by atoms with Gasteiger partial charge in [-0.1, -0.05) is 52.0 Å². The molecule has 0 saturated heterocycles. The molecule has 3 aromatic rings. The van der Waals surface area contributed by atoms with Crippen LogP contribution in [0.2, 0.25) is 0 Å². The molecule has 35 heavy (non-hydrogen) atoms. The molecule has 184 valence electrons. The van der Waals surface area contributed by atoms with Gasteiger partial charge in [-0.05, 0) is 77.1 Å². The van der Waals surface area contributed by atoms with Gasteiger partial charge in [-0.15, -0.1) is 0 Å². The van der Waals surface area contributed by atoms with Crippen LogP contribution in [0, 0.1) is 0 Å². The normalized spacial score (nSPS) is 11.9. The van der Waals surface area contributed by atoms with Crippen LogP contribution in [0.4, 0.5) is 8.78 Å². The van der Waals surface area contributed by atoms with E-state index in [1.807, 2.05) is 31.2 Å². The van der Waals surface area contributed by atoms with E-state index < -0.39 is 6.61 Å². The van der Waals surface area contributed by atoms with Crippen LogP contribution in [-0.2, 0) is 12.0 Å². The third kappa shape index (κ3) is 7.64. The van der Waals surface area contributed by atoms with Crippen molar-refractivity contribution in [1.29, 1.82) is 0 Å². The van der Waals surface area contributed by atoms with E-state index in [0.29, 0.717) is 29.9 Å². The number of benzene rings is 3. The van der Waals surface area contributed by atoms with Gasteiger partial charge in [0.15, 0.2) is 0 Å². The highest BCUT2D eigenvalue weighted by molar-refractivity contribution is 6.02. The van der Waals surface area contributed by atoms with E-state index in [1.165, 1.54) is 17.7 Å². The molecule has 0 aromatic heterocycles. The number of amides is 1. The summed E-state index contributed by atoms with van der Waals surface area (Å²) in [6.45, 7) is 5.90. The first-order valence-electron chi connectivity index (χ1n) is 11.4. The molecule has 0 atom stereocenters. The Bertz CT molecular complexity index is 1130. The molecular formula is C28H30F2N2O3. The molecule has 0 bridgehead atoms. The lowest BCUT2D eigenvalue weighted by Gasteiger charge is -2.19. The third-order valence-corrected chi connectivity index (χ3v) is 5.38. The van der Waals surface area contributed by atoms with Gasteiger partial charge in [0, 0.05) is 5.56 Å². The molecule has 0 saturated carbocycles. The third-order valence-electron chi connectivity index (χ3n) is 5.38. The summed E-state index contributed by atoms with van der Waals surface area (Å²) in [6.07, 6.45) is 0.544. The van der Waals surface area contributed by atoms with E-state index in [4.69, 9.17) is 4.74 Å². The molecule has 7 heteroatoms. The number of hydrazone groups is 1. The molecule has 0 fully saturated rings. The standard InChI is InChI=1S/C28H30F2N2O3/c1-5-25(20-10-14-24(15-11-20)35-27(29)30)31-32-26(33)21-8-6-19(7-9-21)18-34-23-16-12-22(13-17-23)28(2,3)4/h6-17,27H,5,18H2,1-4H3,(H,32,33)/b31-25-. The highest BCUT2D eigenvalue weighted by atomic mass is 19.3. The lowest BCUT2D eigenvalue weighted by atomic mass is 9.87. The maximum Gasteiger partial charge on any atom is 0.387 e. The van der Waals surface area contributed by atoms with Crippen molar-refractivity contribution in [2.45, 2.75) is 52.7 Å². The lowest BCUT2D eigenvalue weighted by Crippen LogP contribution is -2.20. The maximum atomic E-state index is 12.5. The van der Waals surface area contributed by atoms with E-state index in [1.54, 1.807) is 24.3 Å². The minimum atomic E-state index is -2.88. The van der Waals surface area contributed by atoms with Crippen LogP contribution < -0.4 is 14.9 Å². The Labute approximate surface area is 204 Å². The van der Waals surface area contributed by atoms with Gasteiger partial charge in [-0.25, -0.2) is 5.43 Å². The van der Waals surface area contributed by atoms with Gasteiger partial charge in [-0.3, -0.25) is 4.79 Å². The van der Waals surface area contributed by atoms with Crippen molar-refractivity contribution in [1.82, 2.24) is 5.43 Å². The first-order valence-corrected chi connectivity index (χ1v) is 11.4. The summed E-state index contributed by atoms with van der Waals surface area (Å²) >= 11 is 0. The Morgan fingerprint density at radius 2 is 1.46 bits per heavy atom. The van der Waals surface area contributed by atoms with Crippen molar-refractivity contribution in [2.75, 3.05) is 0 Å². The number of nitrogens with zero attached hydrogens (tertiary/aromatic N) is 1. The predicted molar refractivity (Wildman–Crippen MR) is 133 cm³/mol. The molecule has 0 spiro atoms. The second-order valence-electron chi connectivity index (χ2n) is 9.02. The number of ether oxygens (including phenoxy) is 2. The molecular weight excluding hydrogens is 450 g/mol. The fraction of sp³-hybridized carbons (Fsp3) is 0.286. The molecule has 3 aromatic carbocycles. The molecule has 3 rings (SSSR count). The number of rotatable bonds is 9. The van der Waals surface area contributed by atoms with Crippen LogP contribution in [0.15, 0.2) is 77.9 Å². The topological polar surface area (TPSA) is 59.9 Å². The summed E-state index contributed by atoms with van der Waals surface area (Å²) in [6, 6.07) is 21.3. The average Bonchev–Trinajstić information content (AvgIpc) is 2.83. The summed E-state index contributed by atoms with van der Waals surface area (Å²) in [5.74, 6) is 0.503. The summed E-state index contributed by atoms with van der Waals surface area (Å²) in [4.78, 5) is 12.5. The van der Waals surface area contributed by atoms with Crippen molar-refractivity contribution < 1.29 is 23.0 Å². The molecule has 1 amide bonds. The maximum absolute atomic E-state index is 12.5. The predicted octanol–water partition coefficient (Wildman–Crippen LogP) is 6.71. The summed E-state index contributed by atoms with van der Waals surface area (Å²) in [5.41, 5.74) is 6.61. The molecule has 0 heterocycles. The highest BCUT2D eigenvalue weighted by Gasteiger charge is 2.13. The smallest absolute Gasteiger partial charge is 0.387 e. The average molecular weight is 481 g/mol. The summed E-state index contributed by atoms with van der Waals surface area (Å²) in [5, 5.41) is 4.21. The number of nitrogens with one attached hydrogen (secondary N) is 1. The Balaban J connectivity index is 1.56. The molecule has 1 N–H and O–H groups in total. The van der Waals surface area contributed by atoms with Crippen LogP contribution in [0.25, 0.3) is 0 Å². The van der Waals surface area contributed by atoms with Crippen LogP contribution in [0.3, 0.4) is 0 Å². The Morgan fingerprint density at radius 3 is 2.00 bits per heavy atom. The van der Waals surface area contributed by atoms with Crippen LogP contribution in [0.1, 0.15) is 61.2 Å². The molecule has 0 unspecified atom stereocenters. The Kier molecular flexibility index (Phi) is 8.58. The van der Waals surface area contributed by atoms with Crippen molar-refractivity contribution >= 4 is 11.6 Å². The Hall–Kier alpha value is -3.74. The fourth-order valence-electron chi connectivity index (χ4n) is 3.33. The molecule has 0 aliphatic rings. The van der Waals surface area contributed by atoms with E-state index in [9.17, 15) is 13.6 Å². The molecule has 0 radical (unpaired) electrons. The first-order chi connectivity index (χ1) is 16.7. The van der Waals surface area contributed by atoms with Gasteiger partial charge in [0.1, 0.15) is 18.1 Å². The highest BCUT2D eigenvalue weighted by Crippen LogP contribution is 2.24. The minimum absolute atomic E-state index is 0.0641. The fourth-order valence-corrected chi connectivity index (χ4v) is 3.33. The minimum Gasteiger partial charge on any atom is -0.489 e. The monoisotopic (exact) mass is 480 g/mol. The van der Waals surface area contributed by atoms with Gasteiger partial charge < -0.3 is 9.47 Å². The van der Waals surface area contributed by atoms with Crippen molar-refractivity contribution in [3.05, 3.63) is 95.1 Å². The first kappa shape index (κ1) is 25.9. The molecule has 5 nitrogen and oxygen atoms in total. The van der Waals surface area contributed by atoms with Gasteiger partial charge in [0.25, 0.3) is 5.91 Å². The molecule has 0 aliphatic carbocycles. The number of hydrogen-bond donors (Lipinski definition) is 1. The van der Waals surface area contributed by atoms with Crippen LogP contribution in [0.5, 0.6) is 11.5 Å². The Morgan fingerprint density at radius 1 is 0.886 bits per heavy atom. The second-order valence-corrected chi connectivity index (χ2v) is 9.02. The van der Waals surface area contributed by atoms with Crippen LogP contribution in [-0.4, -0.2) is 18.2 Å².